The Labute approximate surface area is 170 Å². The van der Waals surface area contributed by atoms with Gasteiger partial charge >= 0.3 is 5.97 Å². The molecule has 0 N–H and O–H groups in total. The van der Waals surface area contributed by atoms with Gasteiger partial charge in [0, 0.05) is 13.0 Å². The number of methoxy groups -OCH3 is 4. The van der Waals surface area contributed by atoms with Crippen LogP contribution < -0.4 is 14.2 Å². The first kappa shape index (κ1) is 20.5. The summed E-state index contributed by atoms with van der Waals surface area (Å²) in [5, 5.41) is 0. The number of ether oxygens (including phenoxy) is 4. The molecule has 3 rings (SSSR count). The van der Waals surface area contributed by atoms with Crippen molar-refractivity contribution in [1.82, 2.24) is 4.90 Å². The maximum atomic E-state index is 13.2. The van der Waals surface area contributed by atoms with Crippen LogP contribution in [0.2, 0.25) is 0 Å². The monoisotopic (exact) mass is 399 g/mol. The Balaban J connectivity index is 1.89. The van der Waals surface area contributed by atoms with Gasteiger partial charge < -0.3 is 23.8 Å². The summed E-state index contributed by atoms with van der Waals surface area (Å²) in [7, 11) is 5.91. The standard InChI is InChI=1S/C22H25NO6/c1-26-18-9-14(10-19(27-2)21(18)28-3)11-20(24)23-13-16-8-6-5-7-15(16)12-17(23)22(25)29-4/h5-10,17H,11-13H2,1-4H3/t17-/m0/s1. The molecule has 1 amide bonds. The number of nitrogens with zero attached hydrogens (tertiary/aromatic N) is 1. The minimum atomic E-state index is -0.649. The highest BCUT2D eigenvalue weighted by atomic mass is 16.5. The largest absolute Gasteiger partial charge is 0.493 e. The summed E-state index contributed by atoms with van der Waals surface area (Å²) in [5.74, 6) is 0.818. The highest BCUT2D eigenvalue weighted by Gasteiger charge is 2.35. The van der Waals surface area contributed by atoms with Crippen LogP contribution in [0.3, 0.4) is 0 Å². The number of esters is 1. The van der Waals surface area contributed by atoms with Crippen LogP contribution in [0, 0.1) is 0 Å². The smallest absolute Gasteiger partial charge is 0.328 e. The van der Waals surface area contributed by atoms with Crippen molar-refractivity contribution in [1.29, 1.82) is 0 Å². The van der Waals surface area contributed by atoms with E-state index in [4.69, 9.17) is 18.9 Å². The van der Waals surface area contributed by atoms with Crippen molar-refractivity contribution in [3.05, 3.63) is 53.1 Å². The van der Waals surface area contributed by atoms with Gasteiger partial charge in [-0.3, -0.25) is 4.79 Å². The number of hydrogen-bond acceptors (Lipinski definition) is 6. The Morgan fingerprint density at radius 1 is 0.966 bits per heavy atom. The zero-order valence-corrected chi connectivity index (χ0v) is 17.1. The van der Waals surface area contributed by atoms with Gasteiger partial charge in [-0.15, -0.1) is 0 Å². The lowest BCUT2D eigenvalue weighted by Crippen LogP contribution is -2.49. The number of carbonyl (C=O) groups excluding carboxylic acids is 2. The molecule has 0 saturated carbocycles. The zero-order valence-electron chi connectivity index (χ0n) is 17.1. The second-order valence-corrected chi connectivity index (χ2v) is 6.74. The van der Waals surface area contributed by atoms with Gasteiger partial charge in [0.15, 0.2) is 11.5 Å². The number of hydrogen-bond donors (Lipinski definition) is 0. The first-order valence-corrected chi connectivity index (χ1v) is 9.25. The molecule has 154 valence electrons. The molecule has 7 heteroatoms. The Bertz CT molecular complexity index is 885. The van der Waals surface area contributed by atoms with E-state index in [1.54, 1.807) is 17.0 Å². The van der Waals surface area contributed by atoms with E-state index >= 15 is 0 Å². The maximum Gasteiger partial charge on any atom is 0.328 e. The fourth-order valence-corrected chi connectivity index (χ4v) is 3.65. The molecule has 7 nitrogen and oxygen atoms in total. The molecule has 1 heterocycles. The van der Waals surface area contributed by atoms with E-state index in [9.17, 15) is 9.59 Å². The average molecular weight is 399 g/mol. The topological polar surface area (TPSA) is 74.3 Å². The van der Waals surface area contributed by atoms with Gasteiger partial charge in [0.1, 0.15) is 6.04 Å². The molecule has 2 aromatic rings. The maximum absolute atomic E-state index is 13.2. The van der Waals surface area contributed by atoms with E-state index < -0.39 is 12.0 Å². The SMILES string of the molecule is COC(=O)[C@@H]1Cc2ccccc2CN1C(=O)Cc1cc(OC)c(OC)c(OC)c1. The summed E-state index contributed by atoms with van der Waals surface area (Å²) in [6.07, 6.45) is 0.524. The third-order valence-corrected chi connectivity index (χ3v) is 5.12. The van der Waals surface area contributed by atoms with Gasteiger partial charge in [-0.1, -0.05) is 24.3 Å². The van der Waals surface area contributed by atoms with Crippen LogP contribution in [-0.4, -0.2) is 51.3 Å². The van der Waals surface area contributed by atoms with E-state index in [0.717, 1.165) is 11.1 Å². The van der Waals surface area contributed by atoms with Crippen LogP contribution in [0.15, 0.2) is 36.4 Å². The third-order valence-electron chi connectivity index (χ3n) is 5.12. The molecule has 0 bridgehead atoms. The van der Waals surface area contributed by atoms with Crippen molar-refractivity contribution < 1.29 is 28.5 Å². The fraction of sp³-hybridized carbons (Fsp3) is 0.364. The van der Waals surface area contributed by atoms with E-state index in [1.165, 1.54) is 28.4 Å². The molecule has 0 fully saturated rings. The second-order valence-electron chi connectivity index (χ2n) is 6.74. The van der Waals surface area contributed by atoms with Crippen LogP contribution in [0.4, 0.5) is 0 Å². The lowest BCUT2D eigenvalue weighted by atomic mass is 9.93. The fourth-order valence-electron chi connectivity index (χ4n) is 3.65. The van der Waals surface area contributed by atoms with Gasteiger partial charge in [-0.25, -0.2) is 4.79 Å². The van der Waals surface area contributed by atoms with Crippen molar-refractivity contribution in [2.75, 3.05) is 28.4 Å². The third kappa shape index (κ3) is 4.13. The van der Waals surface area contributed by atoms with Crippen molar-refractivity contribution in [3.63, 3.8) is 0 Å². The van der Waals surface area contributed by atoms with E-state index in [1.807, 2.05) is 24.3 Å². The number of benzene rings is 2. The highest BCUT2D eigenvalue weighted by molar-refractivity contribution is 5.86. The highest BCUT2D eigenvalue weighted by Crippen LogP contribution is 2.38. The normalized spacial score (nSPS) is 15.3. The molecule has 29 heavy (non-hydrogen) atoms. The molecule has 0 aliphatic carbocycles. The minimum absolute atomic E-state index is 0.0897. The van der Waals surface area contributed by atoms with Crippen LogP contribution >= 0.6 is 0 Å². The lowest BCUT2D eigenvalue weighted by molar-refractivity contribution is -0.153. The quantitative estimate of drug-likeness (QED) is 0.695. The van der Waals surface area contributed by atoms with Gasteiger partial charge in [0.25, 0.3) is 0 Å². The number of amides is 1. The average Bonchev–Trinajstić information content (AvgIpc) is 2.76. The molecule has 2 aromatic carbocycles. The molecule has 1 aliphatic rings. The Morgan fingerprint density at radius 3 is 2.14 bits per heavy atom. The van der Waals surface area contributed by atoms with Crippen LogP contribution in [-0.2, 0) is 33.7 Å². The summed E-state index contributed by atoms with van der Waals surface area (Å²) in [4.78, 5) is 27.1. The van der Waals surface area contributed by atoms with E-state index in [-0.39, 0.29) is 12.3 Å². The van der Waals surface area contributed by atoms with Crippen LogP contribution in [0.1, 0.15) is 16.7 Å². The van der Waals surface area contributed by atoms with Crippen LogP contribution in [0.5, 0.6) is 17.2 Å². The van der Waals surface area contributed by atoms with Crippen LogP contribution in [0.25, 0.3) is 0 Å². The predicted octanol–water partition coefficient (Wildman–Crippen LogP) is 2.38. The van der Waals surface area contributed by atoms with Gasteiger partial charge in [0.05, 0.1) is 34.9 Å². The molecule has 0 aromatic heterocycles. The first-order chi connectivity index (χ1) is 14.0. The molecular weight excluding hydrogens is 374 g/mol. The summed E-state index contributed by atoms with van der Waals surface area (Å²) >= 11 is 0. The Kier molecular flexibility index (Phi) is 6.26. The van der Waals surface area contributed by atoms with Crippen molar-refractivity contribution in [2.45, 2.75) is 25.4 Å². The molecule has 1 atom stereocenters. The second kappa shape index (κ2) is 8.86. The molecule has 0 spiro atoms. The lowest BCUT2D eigenvalue weighted by Gasteiger charge is -2.35. The minimum Gasteiger partial charge on any atom is -0.493 e. The zero-order chi connectivity index (χ0) is 21.0. The number of rotatable bonds is 6. The predicted molar refractivity (Wildman–Crippen MR) is 106 cm³/mol. The molecule has 0 radical (unpaired) electrons. The van der Waals surface area contributed by atoms with Gasteiger partial charge in [-0.05, 0) is 28.8 Å². The molecule has 0 unspecified atom stereocenters. The summed E-state index contributed by atoms with van der Waals surface area (Å²) in [6, 6.07) is 10.6. The van der Waals surface area contributed by atoms with E-state index in [2.05, 4.69) is 0 Å². The molecule has 0 saturated heterocycles. The van der Waals surface area contributed by atoms with Gasteiger partial charge in [0.2, 0.25) is 11.7 Å². The Morgan fingerprint density at radius 2 is 1.59 bits per heavy atom. The number of fused-ring (bicyclic) bond motifs is 1. The Hall–Kier alpha value is -3.22. The van der Waals surface area contributed by atoms with Crippen molar-refractivity contribution in [2.24, 2.45) is 0 Å². The van der Waals surface area contributed by atoms with E-state index in [0.29, 0.717) is 35.8 Å². The molecular formula is C22H25NO6. The molecule has 1 aliphatic heterocycles. The van der Waals surface area contributed by atoms with Crippen molar-refractivity contribution in [3.8, 4) is 17.2 Å². The van der Waals surface area contributed by atoms with Crippen molar-refractivity contribution >= 4 is 11.9 Å². The summed E-state index contributed by atoms with van der Waals surface area (Å²) in [5.41, 5.74) is 2.79. The summed E-state index contributed by atoms with van der Waals surface area (Å²) < 4.78 is 21.0. The van der Waals surface area contributed by atoms with Gasteiger partial charge in [-0.2, -0.15) is 0 Å². The number of carbonyl (C=O) groups is 2. The summed E-state index contributed by atoms with van der Waals surface area (Å²) in [6.45, 7) is 0.360. The first-order valence-electron chi connectivity index (χ1n) is 9.25.